The van der Waals surface area contributed by atoms with E-state index in [1.165, 1.54) is 24.9 Å². The molecule has 0 radical (unpaired) electrons. The molecule has 0 heterocycles. The number of carbonyl (C=O) groups excluding carboxylic acids is 3. The highest BCUT2D eigenvalue weighted by Gasteiger charge is 2.16. The summed E-state index contributed by atoms with van der Waals surface area (Å²) in [5.74, 6) is -0.523. The number of nitrogens with one attached hydrogen (secondary N) is 3. The van der Waals surface area contributed by atoms with Crippen LogP contribution in [-0.4, -0.2) is 36.3 Å². The van der Waals surface area contributed by atoms with Gasteiger partial charge in [-0.25, -0.2) is 4.79 Å². The Labute approximate surface area is 169 Å². The lowest BCUT2D eigenvalue weighted by molar-refractivity contribution is -0.116. The van der Waals surface area contributed by atoms with E-state index < -0.39 is 6.03 Å². The summed E-state index contributed by atoms with van der Waals surface area (Å²) in [6, 6.07) is 9.99. The molecule has 2 rings (SSSR count). The van der Waals surface area contributed by atoms with Crippen molar-refractivity contribution in [3.63, 3.8) is 0 Å². The monoisotopic (exact) mass is 402 g/mol. The van der Waals surface area contributed by atoms with Gasteiger partial charge in [-0.1, -0.05) is 29.8 Å². The molecule has 0 spiro atoms. The van der Waals surface area contributed by atoms with Crippen LogP contribution < -0.4 is 16.0 Å². The number of rotatable bonds is 5. The standard InChI is InChI=1S/C20H23ClN4O3/c1-12-6-5-7-13(2)19(12)24-18(27)11-25(4)20(28)23-17-9-8-15(10-16(17)21)22-14(3)26/h5-10H,11H2,1-4H3,(H,22,26)(H,23,28)(H,24,27). The highest BCUT2D eigenvalue weighted by atomic mass is 35.5. The van der Waals surface area contributed by atoms with Crippen molar-refractivity contribution in [3.8, 4) is 0 Å². The minimum absolute atomic E-state index is 0.124. The SMILES string of the molecule is CC(=O)Nc1ccc(NC(=O)N(C)CC(=O)Nc2c(C)cccc2C)c(Cl)c1. The van der Waals surface area contributed by atoms with Crippen LogP contribution in [0, 0.1) is 13.8 Å². The van der Waals surface area contributed by atoms with Crippen molar-refractivity contribution in [1.29, 1.82) is 0 Å². The third-order valence-electron chi connectivity index (χ3n) is 4.00. The maximum absolute atomic E-state index is 12.4. The molecule has 7 nitrogen and oxygen atoms in total. The summed E-state index contributed by atoms with van der Waals surface area (Å²) in [5, 5.41) is 8.36. The first kappa shape index (κ1) is 21.2. The van der Waals surface area contributed by atoms with Gasteiger partial charge in [0.1, 0.15) is 6.54 Å². The Kier molecular flexibility index (Phi) is 7.00. The molecular formula is C20H23ClN4O3. The fraction of sp³-hybridized carbons (Fsp3) is 0.250. The number of nitrogens with zero attached hydrogens (tertiary/aromatic N) is 1. The van der Waals surface area contributed by atoms with Gasteiger partial charge in [0, 0.05) is 25.3 Å². The van der Waals surface area contributed by atoms with E-state index >= 15 is 0 Å². The molecular weight excluding hydrogens is 380 g/mol. The van der Waals surface area contributed by atoms with E-state index in [4.69, 9.17) is 11.6 Å². The highest BCUT2D eigenvalue weighted by Crippen LogP contribution is 2.26. The Morgan fingerprint density at radius 3 is 2.21 bits per heavy atom. The largest absolute Gasteiger partial charge is 0.326 e. The number of carbonyl (C=O) groups is 3. The summed E-state index contributed by atoms with van der Waals surface area (Å²) in [6.07, 6.45) is 0. The van der Waals surface area contributed by atoms with Crippen molar-refractivity contribution in [2.24, 2.45) is 0 Å². The predicted octanol–water partition coefficient (Wildman–Crippen LogP) is 4.02. The van der Waals surface area contributed by atoms with E-state index in [0.717, 1.165) is 16.8 Å². The summed E-state index contributed by atoms with van der Waals surface area (Å²) < 4.78 is 0. The number of anilines is 3. The van der Waals surface area contributed by atoms with Crippen molar-refractivity contribution in [3.05, 3.63) is 52.5 Å². The summed E-state index contributed by atoms with van der Waals surface area (Å²) in [6.45, 7) is 5.08. The van der Waals surface area contributed by atoms with Gasteiger partial charge in [0.05, 0.1) is 10.7 Å². The summed E-state index contributed by atoms with van der Waals surface area (Å²) in [5.41, 5.74) is 3.55. The number of urea groups is 1. The van der Waals surface area contributed by atoms with Crippen molar-refractivity contribution < 1.29 is 14.4 Å². The molecule has 0 aliphatic rings. The predicted molar refractivity (Wildman–Crippen MR) is 112 cm³/mol. The molecule has 0 saturated carbocycles. The van der Waals surface area contributed by atoms with Crippen molar-refractivity contribution in [2.75, 3.05) is 29.5 Å². The minimum Gasteiger partial charge on any atom is -0.326 e. The number of likely N-dealkylation sites (N-methyl/N-ethyl adjacent to an activating group) is 1. The Morgan fingerprint density at radius 2 is 1.64 bits per heavy atom. The molecule has 0 bridgehead atoms. The van der Waals surface area contributed by atoms with Crippen LogP contribution in [0.5, 0.6) is 0 Å². The topological polar surface area (TPSA) is 90.5 Å². The van der Waals surface area contributed by atoms with Gasteiger partial charge in [-0.05, 0) is 43.2 Å². The molecule has 0 fully saturated rings. The molecule has 0 aromatic heterocycles. The second kappa shape index (κ2) is 9.23. The van der Waals surface area contributed by atoms with Crippen molar-refractivity contribution >= 4 is 46.5 Å². The zero-order valence-electron chi connectivity index (χ0n) is 16.2. The smallest absolute Gasteiger partial charge is 0.322 e. The number of para-hydroxylation sites is 1. The molecule has 2 aromatic carbocycles. The van der Waals surface area contributed by atoms with Crippen LogP contribution in [0.25, 0.3) is 0 Å². The van der Waals surface area contributed by atoms with Gasteiger partial charge in [-0.2, -0.15) is 0 Å². The minimum atomic E-state index is -0.481. The molecule has 3 N–H and O–H groups in total. The first-order valence-electron chi connectivity index (χ1n) is 8.62. The van der Waals surface area contributed by atoms with E-state index in [1.807, 2.05) is 32.0 Å². The average Bonchev–Trinajstić information content (AvgIpc) is 2.60. The number of hydrogen-bond donors (Lipinski definition) is 3. The molecule has 0 saturated heterocycles. The quantitative estimate of drug-likeness (QED) is 0.705. The summed E-state index contributed by atoms with van der Waals surface area (Å²) >= 11 is 6.15. The van der Waals surface area contributed by atoms with Crippen LogP contribution in [0.3, 0.4) is 0 Å². The fourth-order valence-electron chi connectivity index (χ4n) is 2.59. The van der Waals surface area contributed by atoms with Gasteiger partial charge in [-0.3, -0.25) is 9.59 Å². The summed E-state index contributed by atoms with van der Waals surface area (Å²) in [7, 11) is 1.51. The first-order valence-corrected chi connectivity index (χ1v) is 9.00. The maximum atomic E-state index is 12.4. The van der Waals surface area contributed by atoms with Crippen LogP contribution >= 0.6 is 11.6 Å². The number of halogens is 1. The molecule has 148 valence electrons. The van der Waals surface area contributed by atoms with E-state index in [0.29, 0.717) is 11.4 Å². The van der Waals surface area contributed by atoms with E-state index in [1.54, 1.807) is 12.1 Å². The molecule has 2 aromatic rings. The van der Waals surface area contributed by atoms with E-state index in [9.17, 15) is 14.4 Å². The van der Waals surface area contributed by atoms with Gasteiger partial charge in [0.2, 0.25) is 11.8 Å². The normalized spacial score (nSPS) is 10.2. The third-order valence-corrected chi connectivity index (χ3v) is 4.32. The molecule has 0 aliphatic carbocycles. The van der Waals surface area contributed by atoms with Crippen LogP contribution in [0.2, 0.25) is 5.02 Å². The zero-order valence-corrected chi connectivity index (χ0v) is 17.0. The second-order valence-electron chi connectivity index (χ2n) is 6.48. The van der Waals surface area contributed by atoms with Crippen molar-refractivity contribution in [1.82, 2.24) is 4.90 Å². The maximum Gasteiger partial charge on any atom is 0.322 e. The van der Waals surface area contributed by atoms with Crippen LogP contribution in [-0.2, 0) is 9.59 Å². The molecule has 4 amide bonds. The molecule has 0 aliphatic heterocycles. The van der Waals surface area contributed by atoms with Gasteiger partial charge in [0.15, 0.2) is 0 Å². The highest BCUT2D eigenvalue weighted by molar-refractivity contribution is 6.34. The Balaban J connectivity index is 1.97. The zero-order chi connectivity index (χ0) is 20.8. The van der Waals surface area contributed by atoms with Gasteiger partial charge in [0.25, 0.3) is 0 Å². The van der Waals surface area contributed by atoms with Gasteiger partial charge in [-0.15, -0.1) is 0 Å². The Bertz CT molecular complexity index is 894. The molecule has 28 heavy (non-hydrogen) atoms. The number of amides is 4. The van der Waals surface area contributed by atoms with Crippen LogP contribution in [0.4, 0.5) is 21.9 Å². The lowest BCUT2D eigenvalue weighted by Gasteiger charge is -2.19. The van der Waals surface area contributed by atoms with E-state index in [-0.39, 0.29) is 23.4 Å². The van der Waals surface area contributed by atoms with E-state index in [2.05, 4.69) is 16.0 Å². The van der Waals surface area contributed by atoms with Gasteiger partial charge >= 0.3 is 6.03 Å². The number of aryl methyl sites for hydroxylation is 2. The van der Waals surface area contributed by atoms with Crippen LogP contribution in [0.15, 0.2) is 36.4 Å². The Hall–Kier alpha value is -3.06. The van der Waals surface area contributed by atoms with Crippen LogP contribution in [0.1, 0.15) is 18.1 Å². The first-order chi connectivity index (χ1) is 13.2. The number of hydrogen-bond acceptors (Lipinski definition) is 3. The molecule has 0 unspecified atom stereocenters. The Morgan fingerprint density at radius 1 is 1.00 bits per heavy atom. The summed E-state index contributed by atoms with van der Waals surface area (Å²) in [4.78, 5) is 37.0. The molecule has 0 atom stereocenters. The second-order valence-corrected chi connectivity index (χ2v) is 6.88. The molecule has 8 heteroatoms. The van der Waals surface area contributed by atoms with Gasteiger partial charge < -0.3 is 20.9 Å². The third kappa shape index (κ3) is 5.72. The van der Waals surface area contributed by atoms with Crippen molar-refractivity contribution in [2.45, 2.75) is 20.8 Å². The number of benzene rings is 2. The average molecular weight is 403 g/mol. The lowest BCUT2D eigenvalue weighted by atomic mass is 10.1. The fourth-order valence-corrected chi connectivity index (χ4v) is 2.81. The lowest BCUT2D eigenvalue weighted by Crippen LogP contribution is -2.37.